The van der Waals surface area contributed by atoms with Gasteiger partial charge in [-0.3, -0.25) is 9.69 Å². The number of amides is 1. The van der Waals surface area contributed by atoms with Crippen molar-refractivity contribution in [1.29, 1.82) is 0 Å². The van der Waals surface area contributed by atoms with Crippen LogP contribution in [0.2, 0.25) is 5.02 Å². The van der Waals surface area contributed by atoms with Crippen LogP contribution in [0.5, 0.6) is 5.75 Å². The van der Waals surface area contributed by atoms with Gasteiger partial charge >= 0.3 is 6.18 Å². The van der Waals surface area contributed by atoms with Crippen LogP contribution in [0.1, 0.15) is 16.8 Å². The third-order valence-corrected chi connectivity index (χ3v) is 4.96. The van der Waals surface area contributed by atoms with Crippen LogP contribution in [-0.2, 0) is 0 Å². The zero-order valence-electron chi connectivity index (χ0n) is 15.4. The Morgan fingerprint density at radius 1 is 1.14 bits per heavy atom. The lowest BCUT2D eigenvalue weighted by Crippen LogP contribution is -2.38. The Hall–Kier alpha value is -2.19. The molecule has 1 aliphatic heterocycles. The molecule has 1 aromatic carbocycles. The molecule has 1 fully saturated rings. The van der Waals surface area contributed by atoms with Gasteiger partial charge in [0.25, 0.3) is 5.91 Å². The molecular weight excluding hydrogens is 395 g/mol. The van der Waals surface area contributed by atoms with Gasteiger partial charge in [-0.1, -0.05) is 11.6 Å². The maximum absolute atomic E-state index is 13.0. The number of alkyl halides is 3. The molecule has 0 unspecified atom stereocenters. The molecule has 2 aromatic rings. The number of aromatic nitrogens is 1. The smallest absolute Gasteiger partial charge is 0.401 e. The zero-order chi connectivity index (χ0) is 20.3. The summed E-state index contributed by atoms with van der Waals surface area (Å²) in [5.74, 6) is 0.0705. The molecule has 0 atom stereocenters. The quantitative estimate of drug-likeness (QED) is 0.761. The van der Waals surface area contributed by atoms with Crippen LogP contribution in [0.25, 0.3) is 5.69 Å². The average Bonchev–Trinajstić information content (AvgIpc) is 3.07. The molecule has 152 valence electrons. The Kier molecular flexibility index (Phi) is 6.20. The van der Waals surface area contributed by atoms with E-state index in [2.05, 4.69) is 0 Å². The fourth-order valence-electron chi connectivity index (χ4n) is 3.33. The molecule has 1 amide bonds. The summed E-state index contributed by atoms with van der Waals surface area (Å²) in [4.78, 5) is 15.9. The molecule has 1 aliphatic rings. The van der Waals surface area contributed by atoms with Crippen molar-refractivity contribution in [3.05, 3.63) is 47.2 Å². The number of hydrogen-bond donors (Lipinski definition) is 0. The lowest BCUT2D eigenvalue weighted by molar-refractivity contribution is -0.145. The lowest BCUT2D eigenvalue weighted by atomic mass is 10.1. The predicted molar refractivity (Wildman–Crippen MR) is 100 cm³/mol. The Balaban J connectivity index is 1.79. The molecule has 0 bridgehead atoms. The molecule has 0 radical (unpaired) electrons. The number of nitrogens with zero attached hydrogens (tertiary/aromatic N) is 3. The van der Waals surface area contributed by atoms with Gasteiger partial charge in [0.2, 0.25) is 0 Å². The highest BCUT2D eigenvalue weighted by atomic mass is 35.5. The summed E-state index contributed by atoms with van der Waals surface area (Å²) < 4.78 is 45.1. The lowest BCUT2D eigenvalue weighted by Gasteiger charge is -2.23. The van der Waals surface area contributed by atoms with Gasteiger partial charge in [-0.2, -0.15) is 13.2 Å². The first-order valence-corrected chi connectivity index (χ1v) is 9.25. The molecule has 28 heavy (non-hydrogen) atoms. The monoisotopic (exact) mass is 415 g/mol. The number of carbonyl (C=O) groups excluding carboxylic acids is 1. The van der Waals surface area contributed by atoms with Crippen molar-refractivity contribution in [2.75, 3.05) is 39.8 Å². The van der Waals surface area contributed by atoms with E-state index in [0.29, 0.717) is 41.5 Å². The van der Waals surface area contributed by atoms with Crippen molar-refractivity contribution in [3.63, 3.8) is 0 Å². The van der Waals surface area contributed by atoms with Gasteiger partial charge in [0.05, 0.1) is 29.9 Å². The second-order valence-corrected chi connectivity index (χ2v) is 7.04. The van der Waals surface area contributed by atoms with E-state index >= 15 is 0 Å². The molecule has 1 aromatic heterocycles. The minimum absolute atomic E-state index is 0.169. The number of benzene rings is 1. The largest absolute Gasteiger partial charge is 0.496 e. The molecule has 1 saturated heterocycles. The molecule has 3 rings (SSSR count). The summed E-state index contributed by atoms with van der Waals surface area (Å²) in [6, 6.07) is 6.94. The summed E-state index contributed by atoms with van der Waals surface area (Å²) >= 11 is 6.38. The predicted octanol–water partition coefficient (Wildman–Crippen LogP) is 3.85. The summed E-state index contributed by atoms with van der Waals surface area (Å²) in [6.07, 6.45) is -0.123. The first-order chi connectivity index (χ1) is 13.3. The number of methoxy groups -OCH3 is 1. The molecule has 0 aliphatic carbocycles. The third kappa shape index (κ3) is 4.80. The van der Waals surface area contributed by atoms with E-state index in [-0.39, 0.29) is 19.0 Å². The van der Waals surface area contributed by atoms with Crippen LogP contribution < -0.4 is 4.74 Å². The van der Waals surface area contributed by atoms with Crippen molar-refractivity contribution < 1.29 is 22.7 Å². The average molecular weight is 416 g/mol. The summed E-state index contributed by atoms with van der Waals surface area (Å²) in [5.41, 5.74) is 0.972. The molecule has 5 nitrogen and oxygen atoms in total. The Morgan fingerprint density at radius 3 is 2.50 bits per heavy atom. The minimum atomic E-state index is -4.25. The molecule has 9 heteroatoms. The van der Waals surface area contributed by atoms with Gasteiger partial charge in [0, 0.05) is 44.6 Å². The number of carbonyl (C=O) groups is 1. The van der Waals surface area contributed by atoms with E-state index in [9.17, 15) is 18.0 Å². The summed E-state index contributed by atoms with van der Waals surface area (Å²) in [7, 11) is 1.47. The highest BCUT2D eigenvalue weighted by Gasteiger charge is 2.32. The van der Waals surface area contributed by atoms with Crippen LogP contribution in [0.4, 0.5) is 13.2 Å². The van der Waals surface area contributed by atoms with Gasteiger partial charge in [-0.05, 0) is 24.6 Å². The van der Waals surface area contributed by atoms with Crippen LogP contribution in [0.3, 0.4) is 0 Å². The SMILES string of the molecule is COc1cc(-n2cccc2)c(Cl)cc1C(=O)N1CCCN(CC(F)(F)F)CC1. The van der Waals surface area contributed by atoms with Crippen molar-refractivity contribution in [2.24, 2.45) is 0 Å². The fraction of sp³-hybridized carbons (Fsp3) is 0.421. The molecule has 0 N–H and O–H groups in total. The van der Waals surface area contributed by atoms with Gasteiger partial charge in [-0.25, -0.2) is 0 Å². The molecule has 0 spiro atoms. The fourth-order valence-corrected chi connectivity index (χ4v) is 3.59. The highest BCUT2D eigenvalue weighted by Crippen LogP contribution is 2.31. The number of hydrogen-bond acceptors (Lipinski definition) is 3. The first-order valence-electron chi connectivity index (χ1n) is 8.88. The van der Waals surface area contributed by atoms with Gasteiger partial charge in [0.15, 0.2) is 0 Å². The Bertz CT molecular complexity index is 825. The van der Waals surface area contributed by atoms with Crippen LogP contribution in [-0.4, -0.2) is 66.3 Å². The van der Waals surface area contributed by atoms with Crippen LogP contribution in [0, 0.1) is 0 Å². The maximum Gasteiger partial charge on any atom is 0.401 e. The van der Waals surface area contributed by atoms with E-state index in [1.807, 2.05) is 24.5 Å². The topological polar surface area (TPSA) is 37.7 Å². The molecule has 2 heterocycles. The maximum atomic E-state index is 13.0. The van der Waals surface area contributed by atoms with Crippen LogP contribution >= 0.6 is 11.6 Å². The zero-order valence-corrected chi connectivity index (χ0v) is 16.1. The number of rotatable bonds is 4. The minimum Gasteiger partial charge on any atom is -0.496 e. The summed E-state index contributed by atoms with van der Waals surface area (Å²) in [5, 5.41) is 0.383. The van der Waals surface area contributed by atoms with Gasteiger partial charge < -0.3 is 14.2 Å². The number of halogens is 4. The van der Waals surface area contributed by atoms with Crippen molar-refractivity contribution >= 4 is 17.5 Å². The highest BCUT2D eigenvalue weighted by molar-refractivity contribution is 6.33. The molecular formula is C19H21ClF3N3O2. The van der Waals surface area contributed by atoms with Crippen molar-refractivity contribution in [1.82, 2.24) is 14.4 Å². The Morgan fingerprint density at radius 2 is 1.86 bits per heavy atom. The van der Waals surface area contributed by atoms with E-state index in [1.165, 1.54) is 12.0 Å². The molecule has 0 saturated carbocycles. The third-order valence-electron chi connectivity index (χ3n) is 4.66. The van der Waals surface area contributed by atoms with E-state index in [0.717, 1.165) is 0 Å². The van der Waals surface area contributed by atoms with Crippen LogP contribution in [0.15, 0.2) is 36.7 Å². The van der Waals surface area contributed by atoms with E-state index in [4.69, 9.17) is 16.3 Å². The van der Waals surface area contributed by atoms with Gasteiger partial charge in [-0.15, -0.1) is 0 Å². The second kappa shape index (κ2) is 8.45. The normalized spacial score (nSPS) is 16.1. The van der Waals surface area contributed by atoms with Gasteiger partial charge in [0.1, 0.15) is 5.75 Å². The first kappa shape index (κ1) is 20.5. The van der Waals surface area contributed by atoms with Crippen molar-refractivity contribution in [2.45, 2.75) is 12.6 Å². The van der Waals surface area contributed by atoms with E-state index < -0.39 is 12.7 Å². The van der Waals surface area contributed by atoms with Crippen molar-refractivity contribution in [3.8, 4) is 11.4 Å². The Labute approximate surface area is 166 Å². The standard InChI is InChI=1S/C19H21ClF3N3O2/c1-28-17-12-16(25-6-2-3-7-25)15(20)11-14(17)18(27)26-8-4-5-24(9-10-26)13-19(21,22)23/h2-3,6-7,11-12H,4-5,8-10,13H2,1H3. The second-order valence-electron chi connectivity index (χ2n) is 6.63. The summed E-state index contributed by atoms with van der Waals surface area (Å²) in [6.45, 7) is 0.106. The van der Waals surface area contributed by atoms with E-state index in [1.54, 1.807) is 21.6 Å². The number of ether oxygens (including phenoxy) is 1.